The first-order valence-electron chi connectivity index (χ1n) is 7.08. The van der Waals surface area contributed by atoms with Gasteiger partial charge in [0.2, 0.25) is 0 Å². The van der Waals surface area contributed by atoms with Crippen LogP contribution in [0.3, 0.4) is 0 Å². The molecule has 0 unspecified atom stereocenters. The predicted octanol–water partition coefficient (Wildman–Crippen LogP) is -6.81. The molecule has 1 rings (SSSR count). The molecule has 10 nitrogen and oxygen atoms in total. The van der Waals surface area contributed by atoms with E-state index < -0.39 is 28.6 Å². The molecule has 0 aromatic carbocycles. The predicted molar refractivity (Wildman–Crippen MR) is 79.6 cm³/mol. The maximum Gasteiger partial charge on any atom is 1.00 e. The van der Waals surface area contributed by atoms with Crippen LogP contribution in [0.15, 0.2) is 0 Å². The van der Waals surface area contributed by atoms with E-state index in [0.29, 0.717) is 13.1 Å². The number of carboxylic acids is 1. The van der Waals surface area contributed by atoms with E-state index in [-0.39, 0.29) is 41.9 Å². The van der Waals surface area contributed by atoms with Crippen LogP contribution in [0.2, 0.25) is 0 Å². The van der Waals surface area contributed by atoms with Crippen molar-refractivity contribution in [2.45, 2.75) is 6.92 Å². The quantitative estimate of drug-likeness (QED) is 0.323. The molecule has 136 valence electrons. The van der Waals surface area contributed by atoms with Crippen molar-refractivity contribution in [2.75, 3.05) is 58.2 Å². The van der Waals surface area contributed by atoms with E-state index in [0.717, 1.165) is 33.1 Å². The molecule has 0 amide bonds. The fourth-order valence-electron chi connectivity index (χ4n) is 1.84. The van der Waals surface area contributed by atoms with Crippen LogP contribution in [0, 0.1) is 0 Å². The van der Waals surface area contributed by atoms with E-state index in [9.17, 15) is 13.2 Å². The monoisotopic (exact) mass is 377 g/mol. The Morgan fingerprint density at radius 3 is 1.96 bits per heavy atom. The summed E-state index contributed by atoms with van der Waals surface area (Å²) in [5.74, 6) is -2.24. The smallest absolute Gasteiger partial charge is 0.550 e. The van der Waals surface area contributed by atoms with E-state index in [2.05, 4.69) is 9.08 Å². The molecule has 1 heterocycles. The van der Waals surface area contributed by atoms with Crippen LogP contribution in [0.4, 0.5) is 0 Å². The topological polar surface area (TPSA) is 153 Å². The number of hydrogen-bond donors (Lipinski definition) is 2. The number of carbonyl (C=O) groups excluding carboxylic acids is 2. The molecule has 3 N–H and O–H groups in total. The third-order valence-corrected chi connectivity index (χ3v) is 4.05. The van der Waals surface area contributed by atoms with Crippen molar-refractivity contribution in [3.8, 4) is 0 Å². The maximum absolute atomic E-state index is 11.4. The number of aliphatic hydroxyl groups excluding tert-OH is 1. The molecule has 0 spiro atoms. The fourth-order valence-corrected chi connectivity index (χ4v) is 2.75. The van der Waals surface area contributed by atoms with E-state index in [1.807, 2.05) is 4.90 Å². The van der Waals surface area contributed by atoms with Gasteiger partial charge in [0.05, 0.1) is 18.9 Å². The molecule has 24 heavy (non-hydrogen) atoms. The van der Waals surface area contributed by atoms with Gasteiger partial charge in [-0.15, -0.1) is 0 Å². The van der Waals surface area contributed by atoms with Crippen LogP contribution in [0.5, 0.6) is 0 Å². The van der Waals surface area contributed by atoms with Crippen molar-refractivity contribution in [1.29, 1.82) is 0 Å². The van der Waals surface area contributed by atoms with E-state index in [1.54, 1.807) is 0 Å². The first-order valence-corrected chi connectivity index (χ1v) is 8.66. The average Bonchev–Trinajstić information content (AvgIpc) is 2.46. The molecule has 1 saturated heterocycles. The molecule has 12 heteroatoms. The second-order valence-corrected chi connectivity index (χ2v) is 6.51. The van der Waals surface area contributed by atoms with Crippen LogP contribution in [0.25, 0.3) is 0 Å². The van der Waals surface area contributed by atoms with Gasteiger partial charge >= 0.3 is 45.6 Å². The second kappa shape index (κ2) is 14.0. The molecule has 0 saturated carbocycles. The normalized spacial score (nSPS) is 15.6. The van der Waals surface area contributed by atoms with Crippen molar-refractivity contribution in [1.82, 2.24) is 9.80 Å². The number of piperazine rings is 1. The Kier molecular flexibility index (Phi) is 15.1. The van der Waals surface area contributed by atoms with Gasteiger partial charge in [-0.3, -0.25) is 9.80 Å². The zero-order valence-corrected chi connectivity index (χ0v) is 17.0. The molecular weight excluding hydrogens is 353 g/mol. The third kappa shape index (κ3) is 14.1. The number of carboxylic acid groups (broad SMARTS) is 1. The minimum Gasteiger partial charge on any atom is -0.550 e. The Morgan fingerprint density at radius 2 is 1.58 bits per heavy atom. The molecule has 1 aliphatic heterocycles. The van der Waals surface area contributed by atoms with Gasteiger partial charge < -0.3 is 24.9 Å². The van der Waals surface area contributed by atoms with Crippen LogP contribution in [-0.4, -0.2) is 93.4 Å². The van der Waals surface area contributed by atoms with Crippen molar-refractivity contribution in [3.05, 3.63) is 0 Å². The van der Waals surface area contributed by atoms with Gasteiger partial charge in [0, 0.05) is 45.2 Å². The van der Waals surface area contributed by atoms with Gasteiger partial charge in [-0.2, -0.15) is 8.42 Å². The molecule has 1 fully saturated rings. The van der Waals surface area contributed by atoms with Gasteiger partial charge in [0.25, 0.3) is 0 Å². The summed E-state index contributed by atoms with van der Waals surface area (Å²) in [4.78, 5) is 23.8. The summed E-state index contributed by atoms with van der Waals surface area (Å²) in [6.07, 6.45) is 0. The molecule has 0 aromatic heterocycles. The molecule has 1 aliphatic rings. The van der Waals surface area contributed by atoms with E-state index in [4.69, 9.17) is 20.7 Å². The van der Waals surface area contributed by atoms with Crippen molar-refractivity contribution in [2.24, 2.45) is 5.73 Å². The first-order chi connectivity index (χ1) is 10.7. The SMILES string of the molecule is CC(=O)[O-].NCC(=O)OS(=O)(=O)CCN1CCN(CCO)CC1.[Na+]. The molecule has 0 radical (unpaired) electrons. The van der Waals surface area contributed by atoms with Gasteiger partial charge in [0.15, 0.2) is 0 Å². The van der Waals surface area contributed by atoms with Crippen LogP contribution < -0.4 is 40.4 Å². The first kappa shape index (κ1) is 26.0. The standard InChI is InChI=1S/C10H21N3O5S.C2H4O2.Na/c11-9-10(15)18-19(16,17)8-6-13-3-1-12(2-4-13)5-7-14;1-2(3)4;/h14H,1-9,11H2;1H3,(H,3,4);/q;;+1/p-1. The summed E-state index contributed by atoms with van der Waals surface area (Å²) in [5.41, 5.74) is 4.99. The average molecular weight is 377 g/mol. The number of carbonyl (C=O) groups is 2. The molecule has 0 bridgehead atoms. The Morgan fingerprint density at radius 1 is 1.17 bits per heavy atom. The molecule has 0 aromatic rings. The maximum atomic E-state index is 11.4. The van der Waals surface area contributed by atoms with Crippen LogP contribution >= 0.6 is 0 Å². The molecule has 0 atom stereocenters. The number of aliphatic carboxylic acids is 1. The van der Waals surface area contributed by atoms with Crippen molar-refractivity contribution in [3.63, 3.8) is 0 Å². The fraction of sp³-hybridized carbons (Fsp3) is 0.833. The molecular formula is C12H24N3NaO7S. The summed E-state index contributed by atoms with van der Waals surface area (Å²) in [7, 11) is -3.84. The second-order valence-electron chi connectivity index (χ2n) is 4.82. The van der Waals surface area contributed by atoms with Crippen LogP contribution in [-0.2, 0) is 23.9 Å². The number of β-amino-alcohol motifs (C(OH)–C–C–N with tert-alkyl or cyclic N) is 1. The van der Waals surface area contributed by atoms with E-state index in [1.165, 1.54) is 0 Å². The summed E-state index contributed by atoms with van der Waals surface area (Å²) < 4.78 is 27.2. The number of nitrogens with two attached hydrogens (primary N) is 1. The van der Waals surface area contributed by atoms with E-state index >= 15 is 0 Å². The summed E-state index contributed by atoms with van der Waals surface area (Å²) >= 11 is 0. The zero-order valence-electron chi connectivity index (χ0n) is 14.1. The van der Waals surface area contributed by atoms with Crippen molar-refractivity contribution >= 4 is 22.1 Å². The summed E-state index contributed by atoms with van der Waals surface area (Å²) in [6, 6.07) is 0. The van der Waals surface area contributed by atoms with Crippen LogP contribution in [0.1, 0.15) is 6.92 Å². The number of rotatable bonds is 7. The number of hydrogen-bond acceptors (Lipinski definition) is 10. The number of aliphatic hydroxyl groups is 1. The van der Waals surface area contributed by atoms with Gasteiger partial charge in [-0.25, -0.2) is 4.79 Å². The Bertz CT molecular complexity index is 463. The Balaban J connectivity index is 0. The van der Waals surface area contributed by atoms with Gasteiger partial charge in [-0.1, -0.05) is 0 Å². The summed E-state index contributed by atoms with van der Waals surface area (Å²) in [5, 5.41) is 17.7. The minimum atomic E-state index is -3.84. The number of nitrogens with zero attached hydrogens (tertiary/aromatic N) is 2. The van der Waals surface area contributed by atoms with Gasteiger partial charge in [0.1, 0.15) is 0 Å². The zero-order chi connectivity index (χ0) is 17.9. The Hall–Kier alpha value is -0.270. The Labute approximate surface area is 164 Å². The minimum absolute atomic E-state index is 0. The third-order valence-electron chi connectivity index (χ3n) is 2.93. The largest absolute Gasteiger partial charge is 1.00 e. The van der Waals surface area contributed by atoms with Crippen molar-refractivity contribution < 1.29 is 62.0 Å². The molecule has 0 aliphatic carbocycles. The summed E-state index contributed by atoms with van der Waals surface area (Å²) in [6.45, 7) is 4.68. The van der Waals surface area contributed by atoms with Gasteiger partial charge in [-0.05, 0) is 6.92 Å².